The molecule has 1 aromatic rings. The molecular weight excluding hydrogens is 319 g/mol. The molecule has 23 heavy (non-hydrogen) atoms. The van der Waals surface area contributed by atoms with Crippen molar-refractivity contribution in [3.8, 4) is 0 Å². The van der Waals surface area contributed by atoms with Crippen LogP contribution in [0.5, 0.6) is 0 Å². The average molecular weight is 349 g/mol. The van der Waals surface area contributed by atoms with E-state index < -0.39 is 5.79 Å². The first-order valence-electron chi connectivity index (χ1n) is 8.13. The van der Waals surface area contributed by atoms with E-state index in [1.807, 2.05) is 19.9 Å². The molecule has 2 N–H and O–H groups in total. The molecule has 0 saturated carbocycles. The molecule has 0 aliphatic carbocycles. The summed E-state index contributed by atoms with van der Waals surface area (Å²) in [5.74, 6) is -1.63. The van der Waals surface area contributed by atoms with Crippen LogP contribution in [0.4, 0.5) is 4.39 Å². The number of ether oxygens (including phenoxy) is 1. The molecule has 1 aromatic carbocycles. The third-order valence-electron chi connectivity index (χ3n) is 3.29. The van der Waals surface area contributed by atoms with E-state index in [4.69, 9.17) is 26.6 Å². The van der Waals surface area contributed by atoms with Crippen molar-refractivity contribution in [3.63, 3.8) is 0 Å². The van der Waals surface area contributed by atoms with E-state index in [-0.39, 0.29) is 22.9 Å². The second-order valence-corrected chi connectivity index (χ2v) is 6.43. The van der Waals surface area contributed by atoms with Crippen LogP contribution in [0.25, 0.3) is 0 Å². The van der Waals surface area contributed by atoms with E-state index in [2.05, 4.69) is 13.8 Å². The fraction of sp³-hybridized carbons (Fsp3) is 0.667. The van der Waals surface area contributed by atoms with Crippen molar-refractivity contribution in [1.29, 1.82) is 0 Å². The maximum Gasteiger partial charge on any atom is 0.156 e. The Bertz CT molecular complexity index is 454. The third kappa shape index (κ3) is 9.26. The maximum atomic E-state index is 13.3. The Labute approximate surface area is 144 Å². The first kappa shape index (κ1) is 22.3. The summed E-state index contributed by atoms with van der Waals surface area (Å²) in [6.45, 7) is 10.8. The molecule has 1 heterocycles. The zero-order valence-corrected chi connectivity index (χ0v) is 15.7. The normalized spacial score (nSPS) is 21.7. The van der Waals surface area contributed by atoms with E-state index in [9.17, 15) is 4.39 Å². The highest BCUT2D eigenvalue weighted by Gasteiger charge is 2.27. The average Bonchev–Trinajstić information content (AvgIpc) is 2.88. The fourth-order valence-electron chi connectivity index (χ4n) is 2.21. The molecule has 1 fully saturated rings. The van der Waals surface area contributed by atoms with Gasteiger partial charge in [0.15, 0.2) is 5.79 Å². The van der Waals surface area contributed by atoms with Crippen molar-refractivity contribution in [1.82, 2.24) is 0 Å². The molecule has 3 unspecified atom stereocenters. The molecule has 0 amide bonds. The van der Waals surface area contributed by atoms with E-state index in [0.29, 0.717) is 6.10 Å². The lowest BCUT2D eigenvalue weighted by Crippen LogP contribution is -2.16. The van der Waals surface area contributed by atoms with Crippen LogP contribution < -0.4 is 0 Å². The molecule has 3 nitrogen and oxygen atoms in total. The highest BCUT2D eigenvalue weighted by Crippen LogP contribution is 2.32. The SMILES string of the molecule is CC.CC(C)(O)O.CC1CCC(C(C)c2ccc(Cl)c(F)c2)O1. The van der Waals surface area contributed by atoms with Crippen molar-refractivity contribution in [2.75, 3.05) is 0 Å². The second kappa shape index (κ2) is 10.2. The van der Waals surface area contributed by atoms with Crippen LogP contribution in [0.1, 0.15) is 65.9 Å². The van der Waals surface area contributed by atoms with Crippen molar-refractivity contribution >= 4 is 11.6 Å². The van der Waals surface area contributed by atoms with Crippen molar-refractivity contribution in [2.24, 2.45) is 0 Å². The molecule has 0 radical (unpaired) electrons. The zero-order valence-electron chi connectivity index (χ0n) is 14.9. The van der Waals surface area contributed by atoms with Gasteiger partial charge in [-0.3, -0.25) is 0 Å². The Hall–Kier alpha value is -0.680. The van der Waals surface area contributed by atoms with Crippen molar-refractivity contribution in [3.05, 3.63) is 34.6 Å². The minimum atomic E-state index is -1.50. The highest BCUT2D eigenvalue weighted by atomic mass is 35.5. The first-order valence-corrected chi connectivity index (χ1v) is 8.51. The van der Waals surface area contributed by atoms with Gasteiger partial charge in [-0.1, -0.05) is 38.4 Å². The highest BCUT2D eigenvalue weighted by molar-refractivity contribution is 6.30. The lowest BCUT2D eigenvalue weighted by Gasteiger charge is -2.20. The van der Waals surface area contributed by atoms with Crippen LogP contribution in [0.15, 0.2) is 18.2 Å². The number of hydrogen-bond donors (Lipinski definition) is 2. The summed E-state index contributed by atoms with van der Waals surface area (Å²) >= 11 is 5.66. The lowest BCUT2D eigenvalue weighted by molar-refractivity contribution is -0.127. The molecule has 3 atom stereocenters. The molecule has 0 spiro atoms. The Kier molecular flexibility index (Phi) is 9.94. The van der Waals surface area contributed by atoms with Crippen LogP contribution in [-0.2, 0) is 4.74 Å². The number of rotatable bonds is 2. The predicted molar refractivity (Wildman–Crippen MR) is 93.3 cm³/mol. The summed E-state index contributed by atoms with van der Waals surface area (Å²) in [4.78, 5) is 0. The number of benzene rings is 1. The van der Waals surface area contributed by atoms with Crippen molar-refractivity contribution < 1.29 is 19.3 Å². The van der Waals surface area contributed by atoms with Crippen LogP contribution in [0, 0.1) is 5.82 Å². The van der Waals surface area contributed by atoms with Crippen LogP contribution >= 0.6 is 11.6 Å². The molecule has 0 bridgehead atoms. The summed E-state index contributed by atoms with van der Waals surface area (Å²) in [7, 11) is 0. The molecule has 0 aromatic heterocycles. The monoisotopic (exact) mass is 348 g/mol. The molecule has 5 heteroatoms. The Morgan fingerprint density at radius 2 is 1.78 bits per heavy atom. The van der Waals surface area contributed by atoms with E-state index in [1.165, 1.54) is 19.9 Å². The van der Waals surface area contributed by atoms with E-state index >= 15 is 0 Å². The van der Waals surface area contributed by atoms with Crippen molar-refractivity contribution in [2.45, 2.75) is 78.3 Å². The second-order valence-electron chi connectivity index (χ2n) is 6.02. The predicted octanol–water partition coefficient (Wildman–Crippen LogP) is 4.88. The fourth-order valence-corrected chi connectivity index (χ4v) is 2.33. The summed E-state index contributed by atoms with van der Waals surface area (Å²) in [6.07, 6.45) is 2.66. The smallest absolute Gasteiger partial charge is 0.156 e. The minimum Gasteiger partial charge on any atom is -0.375 e. The lowest BCUT2D eigenvalue weighted by atomic mass is 9.93. The maximum absolute atomic E-state index is 13.3. The summed E-state index contributed by atoms with van der Waals surface area (Å²) in [6, 6.07) is 5.00. The zero-order chi connectivity index (χ0) is 18.2. The Morgan fingerprint density at radius 3 is 2.17 bits per heavy atom. The number of hydrogen-bond acceptors (Lipinski definition) is 3. The quantitative estimate of drug-likeness (QED) is 0.748. The van der Waals surface area contributed by atoms with Crippen LogP contribution in [0.3, 0.4) is 0 Å². The summed E-state index contributed by atoms with van der Waals surface area (Å²) in [5, 5.41) is 16.3. The van der Waals surface area contributed by atoms with Crippen LogP contribution in [0.2, 0.25) is 5.02 Å². The first-order chi connectivity index (χ1) is 10.6. The molecule has 1 saturated heterocycles. The van der Waals surface area contributed by atoms with Gasteiger partial charge >= 0.3 is 0 Å². The summed E-state index contributed by atoms with van der Waals surface area (Å²) < 4.78 is 19.1. The van der Waals surface area contributed by atoms with E-state index in [0.717, 1.165) is 18.4 Å². The van der Waals surface area contributed by atoms with Gasteiger partial charge in [-0.25, -0.2) is 4.39 Å². The Balaban J connectivity index is 0.000000594. The topological polar surface area (TPSA) is 49.7 Å². The molecular formula is C18H30ClFO3. The molecule has 1 aliphatic rings. The standard InChI is InChI=1S/C13H16ClFO.C3H8O2.C2H6/c1-8-3-6-13(16-8)9(2)10-4-5-11(14)12(15)7-10;1-3(2,4)5;1-2/h4-5,7-9,13H,3,6H2,1-2H3;4-5H,1-2H3;1-2H3. The van der Waals surface area contributed by atoms with Gasteiger partial charge in [0.05, 0.1) is 17.2 Å². The van der Waals surface area contributed by atoms with Gasteiger partial charge in [-0.15, -0.1) is 0 Å². The van der Waals surface area contributed by atoms with Gasteiger partial charge in [0.1, 0.15) is 5.82 Å². The largest absolute Gasteiger partial charge is 0.375 e. The van der Waals surface area contributed by atoms with Crippen LogP contribution in [-0.4, -0.2) is 28.2 Å². The van der Waals surface area contributed by atoms with E-state index in [1.54, 1.807) is 6.07 Å². The van der Waals surface area contributed by atoms with Gasteiger partial charge in [0.2, 0.25) is 0 Å². The molecule has 2 rings (SSSR count). The molecule has 1 aliphatic heterocycles. The number of aliphatic hydroxyl groups is 2. The van der Waals surface area contributed by atoms with Gasteiger partial charge in [0.25, 0.3) is 0 Å². The minimum absolute atomic E-state index is 0.177. The van der Waals surface area contributed by atoms with Gasteiger partial charge in [-0.05, 0) is 51.3 Å². The number of halogens is 2. The molecule has 134 valence electrons. The summed E-state index contributed by atoms with van der Waals surface area (Å²) in [5.41, 5.74) is 0.959. The van der Waals surface area contributed by atoms with Gasteiger partial charge in [0, 0.05) is 5.92 Å². The third-order valence-corrected chi connectivity index (χ3v) is 3.60. The van der Waals surface area contributed by atoms with Gasteiger partial charge < -0.3 is 14.9 Å². The Morgan fingerprint density at radius 1 is 1.26 bits per heavy atom. The van der Waals surface area contributed by atoms with Gasteiger partial charge in [-0.2, -0.15) is 0 Å².